The number of aromatic nitrogens is 4. The van der Waals surface area contributed by atoms with E-state index in [0.29, 0.717) is 28.6 Å². The summed E-state index contributed by atoms with van der Waals surface area (Å²) in [5, 5.41) is 23.2. The van der Waals surface area contributed by atoms with Gasteiger partial charge in [0.2, 0.25) is 5.16 Å². The Bertz CT molecular complexity index is 994. The first-order valence-corrected chi connectivity index (χ1v) is 9.36. The number of rotatable bonds is 5. The van der Waals surface area contributed by atoms with Crippen molar-refractivity contribution in [2.75, 3.05) is 6.61 Å². The van der Waals surface area contributed by atoms with Crippen molar-refractivity contribution < 1.29 is 14.3 Å². The van der Waals surface area contributed by atoms with Crippen LogP contribution in [0.2, 0.25) is 0 Å². The van der Waals surface area contributed by atoms with Gasteiger partial charge in [0.05, 0.1) is 12.6 Å². The molecule has 9 heteroatoms. The Kier molecular flexibility index (Phi) is 4.64. The van der Waals surface area contributed by atoms with Crippen LogP contribution in [0.25, 0.3) is 11.0 Å². The van der Waals surface area contributed by atoms with Gasteiger partial charge < -0.3 is 14.3 Å². The largest absolute Gasteiger partial charge is 0.508 e. The molecule has 0 radical (unpaired) electrons. The molecule has 0 unspecified atom stereocenters. The molecular formula is C17H18N4O4S. The molecule has 1 saturated heterocycles. The first-order valence-electron chi connectivity index (χ1n) is 8.37. The first-order chi connectivity index (χ1) is 12.6. The summed E-state index contributed by atoms with van der Waals surface area (Å²) < 4.78 is 12.7. The zero-order chi connectivity index (χ0) is 18.1. The lowest BCUT2D eigenvalue weighted by atomic mass is 10.1. The number of ether oxygens (including phenoxy) is 1. The first kappa shape index (κ1) is 17.0. The van der Waals surface area contributed by atoms with Crippen LogP contribution in [0.5, 0.6) is 5.75 Å². The van der Waals surface area contributed by atoms with Gasteiger partial charge in [-0.3, -0.25) is 0 Å². The summed E-state index contributed by atoms with van der Waals surface area (Å²) in [6.07, 6.45) is 2.22. The van der Waals surface area contributed by atoms with Gasteiger partial charge in [-0.15, -0.1) is 5.10 Å². The molecule has 3 heterocycles. The molecule has 1 N–H and O–H groups in total. The molecule has 3 aromatic rings. The zero-order valence-electron chi connectivity index (χ0n) is 14.2. The van der Waals surface area contributed by atoms with Crippen molar-refractivity contribution in [2.24, 2.45) is 0 Å². The summed E-state index contributed by atoms with van der Waals surface area (Å²) in [6, 6.07) is 4.83. The monoisotopic (exact) mass is 374 g/mol. The number of hydrogen-bond acceptors (Lipinski definition) is 8. The lowest BCUT2D eigenvalue weighted by Gasteiger charge is -2.10. The minimum Gasteiger partial charge on any atom is -0.508 e. The fourth-order valence-corrected chi connectivity index (χ4v) is 3.95. The third-order valence-electron chi connectivity index (χ3n) is 4.47. The molecule has 2 aromatic heterocycles. The van der Waals surface area contributed by atoms with Crippen molar-refractivity contribution in [3.63, 3.8) is 0 Å². The van der Waals surface area contributed by atoms with Crippen LogP contribution in [0.3, 0.4) is 0 Å². The topological polar surface area (TPSA) is 103 Å². The maximum Gasteiger partial charge on any atom is 0.336 e. The quantitative estimate of drug-likeness (QED) is 0.536. The number of hydrogen-bond donors (Lipinski definition) is 1. The highest BCUT2D eigenvalue weighted by atomic mass is 32.2. The second-order valence-corrected chi connectivity index (χ2v) is 7.19. The summed E-state index contributed by atoms with van der Waals surface area (Å²) in [7, 11) is 0. The van der Waals surface area contributed by atoms with Gasteiger partial charge in [-0.25, -0.2) is 9.48 Å². The highest BCUT2D eigenvalue weighted by molar-refractivity contribution is 7.98. The summed E-state index contributed by atoms with van der Waals surface area (Å²) in [4.78, 5) is 11.9. The molecule has 1 aliphatic heterocycles. The van der Waals surface area contributed by atoms with Crippen LogP contribution in [-0.4, -0.2) is 38.0 Å². The third kappa shape index (κ3) is 3.32. The average molecular weight is 374 g/mol. The Morgan fingerprint density at radius 1 is 1.42 bits per heavy atom. The van der Waals surface area contributed by atoms with E-state index in [4.69, 9.17) is 9.15 Å². The maximum atomic E-state index is 11.9. The highest BCUT2D eigenvalue weighted by Gasteiger charge is 2.19. The smallest absolute Gasteiger partial charge is 0.336 e. The van der Waals surface area contributed by atoms with Gasteiger partial charge in [-0.1, -0.05) is 11.8 Å². The molecular weight excluding hydrogens is 356 g/mol. The van der Waals surface area contributed by atoms with Crippen LogP contribution < -0.4 is 5.63 Å². The van der Waals surface area contributed by atoms with Gasteiger partial charge >= 0.3 is 5.63 Å². The fourth-order valence-electron chi connectivity index (χ4n) is 3.07. The second kappa shape index (κ2) is 7.08. The van der Waals surface area contributed by atoms with Crippen molar-refractivity contribution in [1.82, 2.24) is 20.2 Å². The molecule has 136 valence electrons. The van der Waals surface area contributed by atoms with E-state index in [1.807, 2.05) is 0 Å². The van der Waals surface area contributed by atoms with Gasteiger partial charge in [-0.2, -0.15) is 0 Å². The minimum atomic E-state index is -0.444. The molecule has 0 bridgehead atoms. The predicted molar refractivity (Wildman–Crippen MR) is 95.2 cm³/mol. The number of phenolic OH excluding ortho intramolecular Hbond substituents is 1. The predicted octanol–water partition coefficient (Wildman–Crippen LogP) is 2.26. The number of thioether (sulfide) groups is 1. The standard InChI is InChI=1S/C17H18N4O4S/c1-10-14(22)5-4-13-11(7-15(23)25-16(10)13)9-26-17-18-19-20-21(17)8-12-3-2-6-24-12/h4-5,7,12,22H,2-3,6,8-9H2,1H3/t12-/m0/s1. The molecule has 1 atom stereocenters. The van der Waals surface area contributed by atoms with Crippen molar-refractivity contribution in [3.05, 3.63) is 39.7 Å². The number of benzene rings is 1. The van der Waals surface area contributed by atoms with E-state index in [9.17, 15) is 9.90 Å². The van der Waals surface area contributed by atoms with Crippen LogP contribution in [0.15, 0.2) is 32.6 Å². The van der Waals surface area contributed by atoms with Crippen LogP contribution >= 0.6 is 11.8 Å². The number of aryl methyl sites for hydroxylation is 1. The molecule has 1 aliphatic rings. The van der Waals surface area contributed by atoms with Gasteiger partial charge in [0.15, 0.2) is 0 Å². The molecule has 26 heavy (non-hydrogen) atoms. The fraction of sp³-hybridized carbons (Fsp3) is 0.412. The molecule has 8 nitrogen and oxygen atoms in total. The minimum absolute atomic E-state index is 0.103. The van der Waals surface area contributed by atoms with E-state index in [1.54, 1.807) is 23.7 Å². The average Bonchev–Trinajstić information content (AvgIpc) is 3.29. The molecule has 4 rings (SSSR count). The summed E-state index contributed by atoms with van der Waals surface area (Å²) in [5.41, 5.74) is 1.33. The van der Waals surface area contributed by atoms with Gasteiger partial charge in [0, 0.05) is 29.4 Å². The Labute approximate surface area is 153 Å². The summed E-state index contributed by atoms with van der Waals surface area (Å²) in [5.74, 6) is 0.615. The van der Waals surface area contributed by atoms with E-state index < -0.39 is 5.63 Å². The van der Waals surface area contributed by atoms with Crippen molar-refractivity contribution in [3.8, 4) is 5.75 Å². The number of nitrogens with zero attached hydrogens (tertiary/aromatic N) is 4. The van der Waals surface area contributed by atoms with E-state index in [-0.39, 0.29) is 11.9 Å². The molecule has 1 aromatic carbocycles. The van der Waals surface area contributed by atoms with Crippen molar-refractivity contribution in [1.29, 1.82) is 0 Å². The zero-order valence-corrected chi connectivity index (χ0v) is 15.0. The van der Waals surface area contributed by atoms with Gasteiger partial charge in [0.1, 0.15) is 11.3 Å². The Morgan fingerprint density at radius 3 is 3.12 bits per heavy atom. The molecule has 0 spiro atoms. The van der Waals surface area contributed by atoms with Crippen LogP contribution in [-0.2, 0) is 17.0 Å². The van der Waals surface area contributed by atoms with Crippen molar-refractivity contribution in [2.45, 2.75) is 43.3 Å². The second-order valence-electron chi connectivity index (χ2n) is 6.24. The summed E-state index contributed by atoms with van der Waals surface area (Å²) in [6.45, 7) is 3.13. The summed E-state index contributed by atoms with van der Waals surface area (Å²) >= 11 is 1.45. The Hall–Kier alpha value is -2.39. The van der Waals surface area contributed by atoms with E-state index in [1.165, 1.54) is 17.8 Å². The lowest BCUT2D eigenvalue weighted by Crippen LogP contribution is -2.16. The van der Waals surface area contributed by atoms with E-state index in [2.05, 4.69) is 15.5 Å². The van der Waals surface area contributed by atoms with Gasteiger partial charge in [0.25, 0.3) is 0 Å². The number of phenols is 1. The van der Waals surface area contributed by atoms with Crippen molar-refractivity contribution >= 4 is 22.7 Å². The lowest BCUT2D eigenvalue weighted by molar-refractivity contribution is 0.0912. The van der Waals surface area contributed by atoms with Crippen LogP contribution in [0.4, 0.5) is 0 Å². The molecule has 0 amide bonds. The maximum absolute atomic E-state index is 11.9. The normalized spacial score (nSPS) is 17.2. The van der Waals surface area contributed by atoms with E-state index >= 15 is 0 Å². The highest BCUT2D eigenvalue weighted by Crippen LogP contribution is 2.30. The molecule has 0 saturated carbocycles. The van der Waals surface area contributed by atoms with Crippen LogP contribution in [0, 0.1) is 6.92 Å². The van der Waals surface area contributed by atoms with Gasteiger partial charge in [-0.05, 0) is 47.9 Å². The third-order valence-corrected chi connectivity index (χ3v) is 5.48. The molecule has 0 aliphatic carbocycles. The van der Waals surface area contributed by atoms with Crippen LogP contribution in [0.1, 0.15) is 24.0 Å². The Balaban J connectivity index is 1.58. The molecule has 1 fully saturated rings. The number of aromatic hydroxyl groups is 1. The number of tetrazole rings is 1. The number of fused-ring (bicyclic) bond motifs is 1. The SMILES string of the molecule is Cc1c(O)ccc2c(CSc3nnnn3C[C@@H]3CCCO3)cc(=O)oc12. The Morgan fingerprint density at radius 2 is 2.31 bits per heavy atom. The van der Waals surface area contributed by atoms with E-state index in [0.717, 1.165) is 30.4 Å².